The van der Waals surface area contributed by atoms with Crippen molar-refractivity contribution in [1.82, 2.24) is 0 Å². The number of ether oxygens (including phenoxy) is 1. The Morgan fingerprint density at radius 3 is 2.62 bits per heavy atom. The summed E-state index contributed by atoms with van der Waals surface area (Å²) in [5.74, 6) is -0.514. The Labute approximate surface area is 93.7 Å². The average Bonchev–Trinajstić information content (AvgIpc) is 2.27. The Hall–Kier alpha value is -2.10. The van der Waals surface area contributed by atoms with Crippen molar-refractivity contribution < 1.29 is 14.3 Å². The van der Waals surface area contributed by atoms with Gasteiger partial charge in [0.05, 0.1) is 7.11 Å². The fraction of sp³-hybridized carbons (Fsp3) is 0.167. The molecule has 16 heavy (non-hydrogen) atoms. The summed E-state index contributed by atoms with van der Waals surface area (Å²) in [6, 6.07) is 4.91. The molecule has 84 valence electrons. The predicted octanol–water partition coefficient (Wildman–Crippen LogP) is 1.66. The van der Waals surface area contributed by atoms with Gasteiger partial charge in [-0.15, -0.1) is 0 Å². The molecule has 4 nitrogen and oxygen atoms in total. The van der Waals surface area contributed by atoms with E-state index in [1.165, 1.54) is 26.2 Å². The monoisotopic (exact) mass is 219 g/mol. The van der Waals surface area contributed by atoms with Crippen molar-refractivity contribution in [2.75, 3.05) is 12.8 Å². The first-order valence-corrected chi connectivity index (χ1v) is 4.71. The number of carbonyl (C=O) groups excluding carboxylic acids is 2. The van der Waals surface area contributed by atoms with Crippen LogP contribution in [0, 0.1) is 0 Å². The van der Waals surface area contributed by atoms with E-state index in [1.807, 2.05) is 0 Å². The first kappa shape index (κ1) is 12.0. The molecule has 2 N–H and O–H groups in total. The highest BCUT2D eigenvalue weighted by atomic mass is 16.5. The Kier molecular flexibility index (Phi) is 3.83. The molecule has 0 aliphatic heterocycles. The fourth-order valence-corrected chi connectivity index (χ4v) is 1.16. The molecule has 0 saturated carbocycles. The summed E-state index contributed by atoms with van der Waals surface area (Å²) in [4.78, 5) is 22.0. The summed E-state index contributed by atoms with van der Waals surface area (Å²) in [5.41, 5.74) is 7.38. The number of anilines is 1. The predicted molar refractivity (Wildman–Crippen MR) is 61.9 cm³/mol. The van der Waals surface area contributed by atoms with Crippen LogP contribution in [-0.4, -0.2) is 18.9 Å². The second-order valence-corrected chi connectivity index (χ2v) is 3.26. The van der Waals surface area contributed by atoms with Crippen molar-refractivity contribution in [2.45, 2.75) is 6.92 Å². The maximum Gasteiger partial charge on any atom is 0.330 e. The minimum absolute atomic E-state index is 0.0484. The molecule has 0 aliphatic carbocycles. The third-order valence-electron chi connectivity index (χ3n) is 2.09. The van der Waals surface area contributed by atoms with Crippen molar-refractivity contribution in [1.29, 1.82) is 0 Å². The normalized spacial score (nSPS) is 10.4. The summed E-state index contributed by atoms with van der Waals surface area (Å²) < 4.78 is 4.46. The van der Waals surface area contributed by atoms with Crippen LogP contribution in [0.15, 0.2) is 24.3 Å². The standard InChI is InChI=1S/C12H13NO3/c1-8(14)9-3-5-11(13)10(7-9)4-6-12(15)16-2/h3-7H,13H2,1-2H3. The van der Waals surface area contributed by atoms with Gasteiger partial charge in [-0.05, 0) is 36.8 Å². The Balaban J connectivity index is 3.03. The highest BCUT2D eigenvalue weighted by molar-refractivity contribution is 5.96. The van der Waals surface area contributed by atoms with Gasteiger partial charge in [0.1, 0.15) is 0 Å². The van der Waals surface area contributed by atoms with E-state index in [1.54, 1.807) is 18.2 Å². The van der Waals surface area contributed by atoms with E-state index in [0.29, 0.717) is 16.8 Å². The molecular formula is C12H13NO3. The van der Waals surface area contributed by atoms with E-state index in [2.05, 4.69) is 4.74 Å². The van der Waals surface area contributed by atoms with E-state index in [9.17, 15) is 9.59 Å². The lowest BCUT2D eigenvalue weighted by Gasteiger charge is -2.02. The maximum atomic E-state index is 11.1. The average molecular weight is 219 g/mol. The van der Waals surface area contributed by atoms with Gasteiger partial charge in [-0.25, -0.2) is 4.79 Å². The number of ketones is 1. The van der Waals surface area contributed by atoms with E-state index in [0.717, 1.165) is 0 Å². The van der Waals surface area contributed by atoms with Gasteiger partial charge < -0.3 is 10.5 Å². The van der Waals surface area contributed by atoms with Crippen molar-refractivity contribution in [3.63, 3.8) is 0 Å². The molecule has 0 atom stereocenters. The lowest BCUT2D eigenvalue weighted by atomic mass is 10.1. The van der Waals surface area contributed by atoms with Crippen LogP contribution >= 0.6 is 0 Å². The zero-order chi connectivity index (χ0) is 12.1. The Bertz CT molecular complexity index is 450. The number of benzene rings is 1. The molecule has 0 bridgehead atoms. The van der Waals surface area contributed by atoms with Gasteiger partial charge >= 0.3 is 5.97 Å². The van der Waals surface area contributed by atoms with Crippen molar-refractivity contribution in [3.8, 4) is 0 Å². The molecule has 0 fully saturated rings. The molecule has 0 radical (unpaired) electrons. The van der Waals surface area contributed by atoms with Crippen molar-refractivity contribution in [3.05, 3.63) is 35.4 Å². The lowest BCUT2D eigenvalue weighted by Crippen LogP contribution is -1.97. The third-order valence-corrected chi connectivity index (χ3v) is 2.09. The molecule has 4 heteroatoms. The molecule has 1 aromatic carbocycles. The topological polar surface area (TPSA) is 69.4 Å². The summed E-state index contributed by atoms with van der Waals surface area (Å²) in [6.45, 7) is 1.47. The summed E-state index contributed by atoms with van der Waals surface area (Å²) in [6.07, 6.45) is 2.78. The number of nitrogen functional groups attached to an aromatic ring is 1. The van der Waals surface area contributed by atoms with Crippen LogP contribution in [0.4, 0.5) is 5.69 Å². The van der Waals surface area contributed by atoms with Crippen LogP contribution in [0.25, 0.3) is 6.08 Å². The second kappa shape index (κ2) is 5.11. The highest BCUT2D eigenvalue weighted by Gasteiger charge is 2.02. The summed E-state index contributed by atoms with van der Waals surface area (Å²) in [7, 11) is 1.29. The smallest absolute Gasteiger partial charge is 0.330 e. The number of carbonyl (C=O) groups is 2. The SMILES string of the molecule is COC(=O)C=Cc1cc(C(C)=O)ccc1N. The zero-order valence-corrected chi connectivity index (χ0v) is 9.19. The number of rotatable bonds is 3. The van der Waals surface area contributed by atoms with Crippen LogP contribution in [0.1, 0.15) is 22.8 Å². The van der Waals surface area contributed by atoms with Gasteiger partial charge in [-0.3, -0.25) is 4.79 Å². The number of methoxy groups -OCH3 is 1. The van der Waals surface area contributed by atoms with Crippen molar-refractivity contribution in [2.24, 2.45) is 0 Å². The van der Waals surface area contributed by atoms with Crippen LogP contribution in [0.3, 0.4) is 0 Å². The zero-order valence-electron chi connectivity index (χ0n) is 9.19. The van der Waals surface area contributed by atoms with E-state index >= 15 is 0 Å². The number of esters is 1. The summed E-state index contributed by atoms with van der Waals surface area (Å²) in [5, 5.41) is 0. The first-order chi connectivity index (χ1) is 7.54. The molecule has 0 saturated heterocycles. The van der Waals surface area contributed by atoms with Crippen molar-refractivity contribution >= 4 is 23.5 Å². The van der Waals surface area contributed by atoms with Gasteiger partial charge in [-0.1, -0.05) is 0 Å². The molecule has 0 spiro atoms. The largest absolute Gasteiger partial charge is 0.466 e. The maximum absolute atomic E-state index is 11.1. The van der Waals surface area contributed by atoms with Gasteiger partial charge in [0.2, 0.25) is 0 Å². The molecule has 0 amide bonds. The quantitative estimate of drug-likeness (QED) is 0.363. The van der Waals surface area contributed by atoms with Crippen LogP contribution < -0.4 is 5.73 Å². The summed E-state index contributed by atoms with van der Waals surface area (Å²) >= 11 is 0. The lowest BCUT2D eigenvalue weighted by molar-refractivity contribution is -0.134. The molecule has 0 aromatic heterocycles. The fourth-order valence-electron chi connectivity index (χ4n) is 1.16. The molecule has 1 rings (SSSR count). The number of hydrogen-bond acceptors (Lipinski definition) is 4. The third kappa shape index (κ3) is 2.95. The van der Waals surface area contributed by atoms with Crippen LogP contribution in [0.2, 0.25) is 0 Å². The molecule has 0 aliphatic rings. The van der Waals surface area contributed by atoms with Gasteiger partial charge in [0.25, 0.3) is 0 Å². The number of hydrogen-bond donors (Lipinski definition) is 1. The Morgan fingerprint density at radius 1 is 1.38 bits per heavy atom. The second-order valence-electron chi connectivity index (χ2n) is 3.26. The minimum atomic E-state index is -0.465. The highest BCUT2D eigenvalue weighted by Crippen LogP contribution is 2.16. The molecule has 1 aromatic rings. The Morgan fingerprint density at radius 2 is 2.06 bits per heavy atom. The molecule has 0 heterocycles. The van der Waals surface area contributed by atoms with Crippen LogP contribution in [0.5, 0.6) is 0 Å². The number of nitrogens with two attached hydrogens (primary N) is 1. The van der Waals surface area contributed by atoms with Gasteiger partial charge in [0.15, 0.2) is 5.78 Å². The molecular weight excluding hydrogens is 206 g/mol. The first-order valence-electron chi connectivity index (χ1n) is 4.71. The van der Waals surface area contributed by atoms with E-state index < -0.39 is 5.97 Å². The van der Waals surface area contributed by atoms with E-state index in [4.69, 9.17) is 5.73 Å². The van der Waals surface area contributed by atoms with Gasteiger partial charge in [0, 0.05) is 17.3 Å². The molecule has 0 unspecified atom stereocenters. The van der Waals surface area contributed by atoms with Gasteiger partial charge in [-0.2, -0.15) is 0 Å². The van der Waals surface area contributed by atoms with E-state index in [-0.39, 0.29) is 5.78 Å². The van der Waals surface area contributed by atoms with Crippen LogP contribution in [-0.2, 0) is 9.53 Å². The number of Topliss-reactive ketones (excluding diaryl/α,β-unsaturated/α-hetero) is 1. The minimum Gasteiger partial charge on any atom is -0.466 e.